The maximum absolute atomic E-state index is 12.9. The van der Waals surface area contributed by atoms with Crippen molar-refractivity contribution in [3.8, 4) is 5.75 Å². The summed E-state index contributed by atoms with van der Waals surface area (Å²) in [4.78, 5) is 36.0. The molecule has 4 rings (SSSR count). The molecule has 1 aromatic carbocycles. The Morgan fingerprint density at radius 2 is 1.71 bits per heavy atom. The first-order valence-electron chi connectivity index (χ1n) is 10.7. The van der Waals surface area contributed by atoms with E-state index >= 15 is 0 Å². The van der Waals surface area contributed by atoms with Crippen LogP contribution in [-0.4, -0.2) is 72.7 Å². The number of methoxy groups -OCH3 is 1. The number of benzene rings is 1. The summed E-state index contributed by atoms with van der Waals surface area (Å²) in [5, 5.41) is 16.2. The number of fused-ring (bicyclic) bond motifs is 3. The number of hydrogen-bond donors (Lipinski definition) is 2. The van der Waals surface area contributed by atoms with Gasteiger partial charge in [-0.25, -0.2) is 0 Å². The first kappa shape index (κ1) is 24.3. The van der Waals surface area contributed by atoms with E-state index in [9.17, 15) is 19.7 Å². The number of nitro groups is 1. The molecule has 2 amide bonds. The number of anilines is 1. The molecule has 3 aliphatic rings. The first-order chi connectivity index (χ1) is 15.9. The SMILES string of the molecule is COc1ccc(NC(=O)CNC(=O)C2O[C@@H]3OC(C)(C)O[C@@H]3[C@H]3OC(C)(C)O[C@@H]23)c([N+](=O)[O-])c1. The first-order valence-corrected chi connectivity index (χ1v) is 10.7. The molecular weight excluding hydrogens is 454 g/mol. The van der Waals surface area contributed by atoms with Crippen LogP contribution < -0.4 is 15.4 Å². The average Bonchev–Trinajstić information content (AvgIpc) is 3.25. The monoisotopic (exact) mass is 481 g/mol. The highest BCUT2D eigenvalue weighted by atomic mass is 16.9. The van der Waals surface area contributed by atoms with Crippen LogP contribution in [0.25, 0.3) is 0 Å². The fourth-order valence-electron chi connectivity index (χ4n) is 4.18. The number of rotatable bonds is 6. The van der Waals surface area contributed by atoms with Gasteiger partial charge in [0.05, 0.1) is 24.6 Å². The standard InChI is InChI=1S/C21H27N3O10/c1-20(2)31-14-15(32-20)17-19(34-21(3,4)33-17)30-16(14)18(26)22-9-13(25)23-11-7-6-10(29-5)8-12(11)24(27)28/h6-8,14-17,19H,9H2,1-5H3,(H,22,26)(H,23,25)/t14-,15+,16?,17-,19-/m1/s1. The van der Waals surface area contributed by atoms with Crippen molar-refractivity contribution in [3.05, 3.63) is 28.3 Å². The summed E-state index contributed by atoms with van der Waals surface area (Å²) < 4.78 is 34.3. The van der Waals surface area contributed by atoms with E-state index in [0.717, 1.165) is 0 Å². The van der Waals surface area contributed by atoms with Crippen LogP contribution in [0.3, 0.4) is 0 Å². The Hall–Kier alpha value is -2.84. The van der Waals surface area contributed by atoms with E-state index in [2.05, 4.69) is 10.6 Å². The molecule has 3 heterocycles. The van der Waals surface area contributed by atoms with Crippen molar-refractivity contribution >= 4 is 23.2 Å². The van der Waals surface area contributed by atoms with Gasteiger partial charge in [0.15, 0.2) is 24.0 Å². The lowest BCUT2D eigenvalue weighted by molar-refractivity contribution is -0.384. The Morgan fingerprint density at radius 3 is 2.38 bits per heavy atom. The fraction of sp³-hybridized carbons (Fsp3) is 0.619. The maximum atomic E-state index is 12.9. The number of ether oxygens (including phenoxy) is 6. The Kier molecular flexibility index (Phi) is 6.25. The molecule has 34 heavy (non-hydrogen) atoms. The highest BCUT2D eigenvalue weighted by molar-refractivity contribution is 5.97. The Labute approximate surface area is 195 Å². The number of nitrogens with one attached hydrogen (secondary N) is 2. The molecular formula is C21H27N3O10. The van der Waals surface area contributed by atoms with Gasteiger partial charge in [-0.05, 0) is 39.8 Å². The Balaban J connectivity index is 1.42. The summed E-state index contributed by atoms with van der Waals surface area (Å²) in [6.07, 6.45) is -4.00. The van der Waals surface area contributed by atoms with Gasteiger partial charge in [0.1, 0.15) is 29.7 Å². The van der Waals surface area contributed by atoms with E-state index in [4.69, 9.17) is 28.4 Å². The minimum absolute atomic E-state index is 0.0325. The maximum Gasteiger partial charge on any atom is 0.296 e. The number of hydrogen-bond acceptors (Lipinski definition) is 10. The van der Waals surface area contributed by atoms with Crippen molar-refractivity contribution in [1.29, 1.82) is 0 Å². The summed E-state index contributed by atoms with van der Waals surface area (Å²) in [5.74, 6) is -2.94. The zero-order valence-electron chi connectivity index (χ0n) is 19.4. The van der Waals surface area contributed by atoms with Gasteiger partial charge in [0.2, 0.25) is 5.91 Å². The topological polar surface area (TPSA) is 157 Å². The van der Waals surface area contributed by atoms with Gasteiger partial charge in [0, 0.05) is 0 Å². The normalized spacial score (nSPS) is 30.7. The second-order valence-electron chi connectivity index (χ2n) is 9.00. The predicted molar refractivity (Wildman–Crippen MR) is 114 cm³/mol. The molecule has 186 valence electrons. The van der Waals surface area contributed by atoms with E-state index in [1.54, 1.807) is 27.7 Å². The van der Waals surface area contributed by atoms with Crippen LogP contribution in [0.4, 0.5) is 11.4 Å². The van der Waals surface area contributed by atoms with Crippen LogP contribution >= 0.6 is 0 Å². The lowest BCUT2D eigenvalue weighted by Gasteiger charge is -2.36. The number of nitro benzene ring substituents is 1. The Morgan fingerprint density at radius 1 is 1.06 bits per heavy atom. The minimum Gasteiger partial charge on any atom is -0.496 e. The van der Waals surface area contributed by atoms with Gasteiger partial charge in [-0.15, -0.1) is 0 Å². The molecule has 0 aromatic heterocycles. The smallest absolute Gasteiger partial charge is 0.296 e. The molecule has 3 aliphatic heterocycles. The van der Waals surface area contributed by atoms with Gasteiger partial charge < -0.3 is 39.1 Å². The molecule has 13 nitrogen and oxygen atoms in total. The van der Waals surface area contributed by atoms with Crippen molar-refractivity contribution in [2.24, 2.45) is 0 Å². The predicted octanol–water partition coefficient (Wildman–Crippen LogP) is 1.05. The van der Waals surface area contributed by atoms with Gasteiger partial charge >= 0.3 is 0 Å². The fourth-order valence-corrected chi connectivity index (χ4v) is 4.18. The largest absolute Gasteiger partial charge is 0.496 e. The molecule has 0 radical (unpaired) electrons. The van der Waals surface area contributed by atoms with Crippen molar-refractivity contribution in [1.82, 2.24) is 5.32 Å². The third kappa shape index (κ3) is 4.83. The summed E-state index contributed by atoms with van der Waals surface area (Å²) in [6.45, 7) is 6.42. The average molecular weight is 481 g/mol. The van der Waals surface area contributed by atoms with Crippen LogP contribution in [0.5, 0.6) is 5.75 Å². The van der Waals surface area contributed by atoms with E-state index in [-0.39, 0.29) is 17.1 Å². The zero-order chi connectivity index (χ0) is 24.8. The van der Waals surface area contributed by atoms with Gasteiger partial charge in [-0.3, -0.25) is 19.7 Å². The van der Waals surface area contributed by atoms with Crippen LogP contribution in [-0.2, 0) is 33.3 Å². The second kappa shape index (κ2) is 8.74. The quantitative estimate of drug-likeness (QED) is 0.445. The molecule has 3 fully saturated rings. The summed E-state index contributed by atoms with van der Waals surface area (Å²) in [6, 6.07) is 4.00. The zero-order valence-corrected chi connectivity index (χ0v) is 19.4. The van der Waals surface area contributed by atoms with Crippen molar-refractivity contribution in [2.75, 3.05) is 19.0 Å². The highest BCUT2D eigenvalue weighted by Crippen LogP contribution is 2.44. The third-order valence-corrected chi connectivity index (χ3v) is 5.51. The summed E-state index contributed by atoms with van der Waals surface area (Å²) in [7, 11) is 1.37. The second-order valence-corrected chi connectivity index (χ2v) is 9.00. The molecule has 0 bridgehead atoms. The van der Waals surface area contributed by atoms with Crippen molar-refractivity contribution in [3.63, 3.8) is 0 Å². The molecule has 1 aromatic rings. The number of carbonyl (C=O) groups excluding carboxylic acids is 2. The third-order valence-electron chi connectivity index (χ3n) is 5.51. The van der Waals surface area contributed by atoms with E-state index in [0.29, 0.717) is 0 Å². The van der Waals surface area contributed by atoms with Crippen LogP contribution in [0.1, 0.15) is 27.7 Å². The molecule has 3 saturated heterocycles. The Bertz CT molecular complexity index is 997. The van der Waals surface area contributed by atoms with Crippen molar-refractivity contribution < 1.29 is 42.9 Å². The van der Waals surface area contributed by atoms with Crippen LogP contribution in [0.2, 0.25) is 0 Å². The molecule has 0 spiro atoms. The minimum atomic E-state index is -1.13. The number of amides is 2. The summed E-state index contributed by atoms with van der Waals surface area (Å²) in [5.41, 5.74) is -0.377. The van der Waals surface area contributed by atoms with E-state index in [1.165, 1.54) is 25.3 Å². The summed E-state index contributed by atoms with van der Waals surface area (Å²) >= 11 is 0. The van der Waals surface area contributed by atoms with Crippen LogP contribution in [0, 0.1) is 10.1 Å². The lowest BCUT2D eigenvalue weighted by Crippen LogP contribution is -2.59. The van der Waals surface area contributed by atoms with E-state index < -0.39 is 65.6 Å². The lowest BCUT2D eigenvalue weighted by atomic mass is 9.98. The molecule has 2 N–H and O–H groups in total. The molecule has 0 aliphatic carbocycles. The van der Waals surface area contributed by atoms with Gasteiger partial charge in [-0.2, -0.15) is 0 Å². The van der Waals surface area contributed by atoms with Gasteiger partial charge in [-0.1, -0.05) is 0 Å². The molecule has 5 atom stereocenters. The molecule has 0 saturated carbocycles. The highest BCUT2D eigenvalue weighted by Gasteiger charge is 2.62. The van der Waals surface area contributed by atoms with Gasteiger partial charge in [0.25, 0.3) is 11.6 Å². The molecule has 1 unspecified atom stereocenters. The van der Waals surface area contributed by atoms with Crippen LogP contribution in [0.15, 0.2) is 18.2 Å². The number of carbonyl (C=O) groups is 2. The van der Waals surface area contributed by atoms with Crippen molar-refractivity contribution in [2.45, 2.75) is 70.0 Å². The molecule has 13 heteroatoms. The van der Waals surface area contributed by atoms with E-state index in [1.807, 2.05) is 0 Å². The number of nitrogens with zero attached hydrogens (tertiary/aromatic N) is 1.